The molecule has 1 saturated carbocycles. The van der Waals surface area contributed by atoms with E-state index in [2.05, 4.69) is 12.6 Å². The van der Waals surface area contributed by atoms with Gasteiger partial charge in [0.25, 0.3) is 0 Å². The van der Waals surface area contributed by atoms with E-state index in [9.17, 15) is 9.18 Å². The van der Waals surface area contributed by atoms with Gasteiger partial charge in [-0.1, -0.05) is 12.8 Å². The zero-order valence-corrected chi connectivity index (χ0v) is 9.67. The molecule has 0 saturated heterocycles. The lowest BCUT2D eigenvalue weighted by atomic mass is 10.2. The first kappa shape index (κ1) is 11.5. The van der Waals surface area contributed by atoms with Crippen molar-refractivity contribution in [3.05, 3.63) is 29.6 Å². The van der Waals surface area contributed by atoms with Crippen molar-refractivity contribution in [1.82, 2.24) is 0 Å². The Morgan fingerprint density at radius 2 is 2.25 bits per heavy atom. The number of hydrogen-bond acceptors (Lipinski definition) is 3. The molecule has 0 aromatic heterocycles. The third-order valence-corrected chi connectivity index (χ3v) is 2.98. The molecule has 0 heterocycles. The normalized spacial score (nSPS) is 14.9. The van der Waals surface area contributed by atoms with Crippen molar-refractivity contribution in [3.8, 4) is 0 Å². The highest BCUT2D eigenvalue weighted by Gasteiger charge is 2.21. The summed E-state index contributed by atoms with van der Waals surface area (Å²) >= 11 is 3.91. The van der Waals surface area contributed by atoms with Crippen LogP contribution in [0.2, 0.25) is 0 Å². The number of hydrogen-bond donors (Lipinski definition) is 1. The molecule has 0 amide bonds. The topological polar surface area (TPSA) is 26.3 Å². The summed E-state index contributed by atoms with van der Waals surface area (Å²) in [5.41, 5.74) is 0.349. The highest BCUT2D eigenvalue weighted by atomic mass is 32.1. The maximum Gasteiger partial charge on any atom is 0.338 e. The summed E-state index contributed by atoms with van der Waals surface area (Å²) in [6, 6.07) is 4.02. The lowest BCUT2D eigenvalue weighted by molar-refractivity contribution is 0.0494. The maximum atomic E-state index is 12.9. The fourth-order valence-electron chi connectivity index (χ4n) is 1.45. The SMILES string of the molecule is O=C(OCCC1CC1)c1ccc(F)c(S)c1. The van der Waals surface area contributed by atoms with Crippen LogP contribution in [-0.4, -0.2) is 12.6 Å². The van der Waals surface area contributed by atoms with Crippen LogP contribution in [0.1, 0.15) is 29.6 Å². The zero-order valence-electron chi connectivity index (χ0n) is 8.78. The Bertz CT molecular complexity index is 402. The Hall–Kier alpha value is -1.03. The number of thiol groups is 1. The second-order valence-corrected chi connectivity index (χ2v) is 4.52. The van der Waals surface area contributed by atoms with E-state index < -0.39 is 11.8 Å². The summed E-state index contributed by atoms with van der Waals surface area (Å²) in [6.07, 6.45) is 3.42. The molecule has 2 rings (SSSR count). The molecule has 1 aromatic rings. The fourth-order valence-corrected chi connectivity index (χ4v) is 1.66. The first-order valence-electron chi connectivity index (χ1n) is 5.32. The minimum Gasteiger partial charge on any atom is -0.462 e. The average molecular weight is 240 g/mol. The van der Waals surface area contributed by atoms with Crippen molar-refractivity contribution in [3.63, 3.8) is 0 Å². The van der Waals surface area contributed by atoms with E-state index in [0.29, 0.717) is 12.2 Å². The number of carbonyl (C=O) groups is 1. The van der Waals surface area contributed by atoms with E-state index in [-0.39, 0.29) is 4.90 Å². The summed E-state index contributed by atoms with van der Waals surface area (Å²) in [5, 5.41) is 0. The molecule has 0 radical (unpaired) electrons. The molecule has 1 aromatic carbocycles. The Balaban J connectivity index is 1.88. The Morgan fingerprint density at radius 1 is 1.50 bits per heavy atom. The summed E-state index contributed by atoms with van der Waals surface area (Å²) < 4.78 is 18.0. The summed E-state index contributed by atoms with van der Waals surface area (Å²) in [7, 11) is 0. The van der Waals surface area contributed by atoms with Gasteiger partial charge in [0.1, 0.15) is 5.82 Å². The van der Waals surface area contributed by atoms with Crippen molar-refractivity contribution in [2.24, 2.45) is 5.92 Å². The molecule has 86 valence electrons. The van der Waals surface area contributed by atoms with E-state index in [0.717, 1.165) is 12.3 Å². The molecule has 0 atom stereocenters. The average Bonchev–Trinajstić information content (AvgIpc) is 3.06. The van der Waals surface area contributed by atoms with E-state index in [1.165, 1.54) is 31.0 Å². The van der Waals surface area contributed by atoms with Crippen LogP contribution in [0.25, 0.3) is 0 Å². The quantitative estimate of drug-likeness (QED) is 0.646. The minimum absolute atomic E-state index is 0.164. The number of carbonyl (C=O) groups excluding carboxylic acids is 1. The van der Waals surface area contributed by atoms with Crippen LogP contribution in [-0.2, 0) is 4.74 Å². The van der Waals surface area contributed by atoms with Gasteiger partial charge in [-0.3, -0.25) is 0 Å². The Morgan fingerprint density at radius 3 is 2.88 bits per heavy atom. The van der Waals surface area contributed by atoms with Gasteiger partial charge in [0.15, 0.2) is 0 Å². The van der Waals surface area contributed by atoms with Crippen LogP contribution < -0.4 is 0 Å². The molecular formula is C12H13FO2S. The smallest absolute Gasteiger partial charge is 0.338 e. The first-order chi connectivity index (χ1) is 7.66. The molecule has 0 aliphatic heterocycles. The second-order valence-electron chi connectivity index (χ2n) is 4.03. The largest absolute Gasteiger partial charge is 0.462 e. The van der Waals surface area contributed by atoms with Gasteiger partial charge in [-0.15, -0.1) is 12.6 Å². The van der Waals surface area contributed by atoms with Gasteiger partial charge in [-0.05, 0) is 30.5 Å². The predicted octanol–water partition coefficient (Wildman–Crippen LogP) is 3.07. The van der Waals surface area contributed by atoms with Crippen LogP contribution in [0.4, 0.5) is 4.39 Å². The number of rotatable bonds is 4. The number of esters is 1. The van der Waals surface area contributed by atoms with E-state index in [1.54, 1.807) is 0 Å². The van der Waals surface area contributed by atoms with Gasteiger partial charge in [0.2, 0.25) is 0 Å². The zero-order chi connectivity index (χ0) is 11.5. The minimum atomic E-state index is -0.433. The second kappa shape index (κ2) is 4.87. The van der Waals surface area contributed by atoms with Gasteiger partial charge < -0.3 is 4.74 Å². The maximum absolute atomic E-state index is 12.9. The van der Waals surface area contributed by atoms with Crippen molar-refractivity contribution >= 4 is 18.6 Å². The van der Waals surface area contributed by atoms with Gasteiger partial charge in [0, 0.05) is 4.90 Å². The van der Waals surface area contributed by atoms with E-state index in [4.69, 9.17) is 4.74 Å². The van der Waals surface area contributed by atoms with Gasteiger partial charge >= 0.3 is 5.97 Å². The molecule has 1 fully saturated rings. The highest BCUT2D eigenvalue weighted by molar-refractivity contribution is 7.80. The van der Waals surface area contributed by atoms with Crippen LogP contribution in [0, 0.1) is 11.7 Å². The molecule has 4 heteroatoms. The molecule has 0 bridgehead atoms. The molecule has 0 unspecified atom stereocenters. The highest BCUT2D eigenvalue weighted by Crippen LogP contribution is 2.32. The standard InChI is InChI=1S/C12H13FO2S/c13-10-4-3-9(7-11(10)16)12(14)15-6-5-8-1-2-8/h3-4,7-8,16H,1-2,5-6H2. The van der Waals surface area contributed by atoms with Gasteiger partial charge in [0.05, 0.1) is 12.2 Å². The lowest BCUT2D eigenvalue weighted by Crippen LogP contribution is -2.07. The van der Waals surface area contributed by atoms with Crippen molar-refractivity contribution in [2.45, 2.75) is 24.2 Å². The van der Waals surface area contributed by atoms with Crippen LogP contribution >= 0.6 is 12.6 Å². The van der Waals surface area contributed by atoms with Crippen LogP contribution in [0.5, 0.6) is 0 Å². The lowest BCUT2D eigenvalue weighted by Gasteiger charge is -2.04. The van der Waals surface area contributed by atoms with Crippen LogP contribution in [0.3, 0.4) is 0 Å². The monoisotopic (exact) mass is 240 g/mol. The van der Waals surface area contributed by atoms with Gasteiger partial charge in [-0.2, -0.15) is 0 Å². The van der Waals surface area contributed by atoms with Crippen molar-refractivity contribution in [1.29, 1.82) is 0 Å². The molecule has 1 aliphatic rings. The van der Waals surface area contributed by atoms with Gasteiger partial charge in [-0.25, -0.2) is 9.18 Å². The summed E-state index contributed by atoms with van der Waals surface area (Å²) in [5.74, 6) is -0.102. The number of halogens is 1. The number of benzene rings is 1. The van der Waals surface area contributed by atoms with E-state index >= 15 is 0 Å². The van der Waals surface area contributed by atoms with Crippen molar-refractivity contribution in [2.75, 3.05) is 6.61 Å². The van der Waals surface area contributed by atoms with Crippen molar-refractivity contribution < 1.29 is 13.9 Å². The number of ether oxygens (including phenoxy) is 1. The summed E-state index contributed by atoms with van der Waals surface area (Å²) in [4.78, 5) is 11.7. The third-order valence-electron chi connectivity index (χ3n) is 2.64. The van der Waals surface area contributed by atoms with Crippen LogP contribution in [0.15, 0.2) is 23.1 Å². The fraction of sp³-hybridized carbons (Fsp3) is 0.417. The molecule has 1 aliphatic carbocycles. The Labute approximate surface area is 99.2 Å². The first-order valence-corrected chi connectivity index (χ1v) is 5.77. The molecule has 0 N–H and O–H groups in total. The third kappa shape index (κ3) is 2.98. The van der Waals surface area contributed by atoms with E-state index in [1.807, 2.05) is 0 Å². The molecule has 16 heavy (non-hydrogen) atoms. The molecule has 0 spiro atoms. The Kier molecular flexibility index (Phi) is 3.49. The predicted molar refractivity (Wildman–Crippen MR) is 61.3 cm³/mol. The molecular weight excluding hydrogens is 227 g/mol. The summed E-state index contributed by atoms with van der Waals surface area (Å²) in [6.45, 7) is 0.447. The molecule has 2 nitrogen and oxygen atoms in total.